The van der Waals surface area contributed by atoms with Gasteiger partial charge in [-0.1, -0.05) is 13.5 Å². The zero-order valence-corrected chi connectivity index (χ0v) is 11.6. The summed E-state index contributed by atoms with van der Waals surface area (Å²) in [6.07, 6.45) is 6.50. The van der Waals surface area contributed by atoms with Gasteiger partial charge >= 0.3 is 0 Å². The maximum absolute atomic E-state index is 11.5. The van der Waals surface area contributed by atoms with Crippen molar-refractivity contribution in [2.24, 2.45) is 11.8 Å². The summed E-state index contributed by atoms with van der Waals surface area (Å²) in [6.45, 7) is 11.5. The van der Waals surface area contributed by atoms with Crippen LogP contribution in [0.25, 0.3) is 0 Å². The van der Waals surface area contributed by atoms with Crippen LogP contribution in [0, 0.1) is 11.8 Å². The molecule has 2 aliphatic heterocycles. The summed E-state index contributed by atoms with van der Waals surface area (Å²) in [5, 5.41) is 0. The molecule has 1 atom stereocenters. The van der Waals surface area contributed by atoms with E-state index >= 15 is 0 Å². The van der Waals surface area contributed by atoms with Crippen molar-refractivity contribution in [2.75, 3.05) is 32.7 Å². The minimum absolute atomic E-state index is 0.0973. The molecule has 0 saturated carbocycles. The molecule has 2 rings (SSSR count). The Morgan fingerprint density at radius 1 is 1.28 bits per heavy atom. The Bertz CT molecular complexity index is 295. The first-order valence-corrected chi connectivity index (χ1v) is 7.32. The second kappa shape index (κ2) is 6.37. The molecule has 2 fully saturated rings. The van der Waals surface area contributed by atoms with Gasteiger partial charge in [0.1, 0.15) is 0 Å². The van der Waals surface area contributed by atoms with Crippen LogP contribution in [0.5, 0.6) is 0 Å². The molecule has 0 aromatic rings. The zero-order chi connectivity index (χ0) is 13.0. The zero-order valence-electron chi connectivity index (χ0n) is 11.6. The molecule has 0 aliphatic carbocycles. The van der Waals surface area contributed by atoms with Crippen LogP contribution in [0.3, 0.4) is 0 Å². The summed E-state index contributed by atoms with van der Waals surface area (Å²) < 4.78 is 0. The van der Waals surface area contributed by atoms with Crippen LogP contribution < -0.4 is 0 Å². The molecule has 2 heterocycles. The van der Waals surface area contributed by atoms with Gasteiger partial charge in [-0.3, -0.25) is 4.79 Å². The molecule has 102 valence electrons. The highest BCUT2D eigenvalue weighted by atomic mass is 16.2. The predicted octanol–water partition coefficient (Wildman–Crippen LogP) is 2.14. The first kappa shape index (κ1) is 13.6. The lowest BCUT2D eigenvalue weighted by molar-refractivity contribution is -0.127. The van der Waals surface area contributed by atoms with E-state index in [1.807, 2.05) is 4.90 Å². The van der Waals surface area contributed by atoms with Crippen molar-refractivity contribution in [3.05, 3.63) is 12.7 Å². The van der Waals surface area contributed by atoms with Crippen molar-refractivity contribution in [3.63, 3.8) is 0 Å². The average molecular weight is 250 g/mol. The first-order chi connectivity index (χ1) is 8.69. The van der Waals surface area contributed by atoms with Crippen LogP contribution in [0.4, 0.5) is 0 Å². The third-order valence-corrected chi connectivity index (χ3v) is 4.36. The van der Waals surface area contributed by atoms with E-state index in [0.29, 0.717) is 0 Å². The molecule has 1 amide bonds. The van der Waals surface area contributed by atoms with Gasteiger partial charge in [0.15, 0.2) is 0 Å². The fraction of sp³-hybridized carbons (Fsp3) is 0.800. The normalized spacial score (nSPS) is 27.2. The second-order valence-electron chi connectivity index (χ2n) is 5.98. The lowest BCUT2D eigenvalue weighted by Crippen LogP contribution is -2.43. The molecule has 2 saturated heterocycles. The van der Waals surface area contributed by atoms with E-state index in [1.54, 1.807) is 0 Å². The standard InChI is InChI=1S/C15H26N2O/c1-3-15(18)17-9-6-14(7-10-17)12-16-8-4-5-13(2)11-16/h3,13-14H,1,4-12H2,2H3. The van der Waals surface area contributed by atoms with Gasteiger partial charge in [0.05, 0.1) is 0 Å². The number of hydrogen-bond acceptors (Lipinski definition) is 2. The van der Waals surface area contributed by atoms with Crippen LogP contribution in [0.2, 0.25) is 0 Å². The summed E-state index contributed by atoms with van der Waals surface area (Å²) in [5.41, 5.74) is 0. The van der Waals surface area contributed by atoms with E-state index < -0.39 is 0 Å². The van der Waals surface area contributed by atoms with Gasteiger partial charge in [-0.2, -0.15) is 0 Å². The summed E-state index contributed by atoms with van der Waals surface area (Å²) in [5.74, 6) is 1.74. The van der Waals surface area contributed by atoms with Gasteiger partial charge < -0.3 is 9.80 Å². The highest BCUT2D eigenvalue weighted by Crippen LogP contribution is 2.22. The fourth-order valence-electron chi connectivity index (χ4n) is 3.28. The van der Waals surface area contributed by atoms with Gasteiger partial charge in [0, 0.05) is 26.2 Å². The number of rotatable bonds is 3. The molecular weight excluding hydrogens is 224 g/mol. The minimum Gasteiger partial charge on any atom is -0.339 e. The quantitative estimate of drug-likeness (QED) is 0.717. The number of amides is 1. The van der Waals surface area contributed by atoms with Crippen LogP contribution in [-0.2, 0) is 4.79 Å². The molecule has 0 spiro atoms. The molecule has 0 aromatic carbocycles. The van der Waals surface area contributed by atoms with Gasteiger partial charge in [-0.15, -0.1) is 0 Å². The number of carbonyl (C=O) groups is 1. The molecule has 0 radical (unpaired) electrons. The fourth-order valence-corrected chi connectivity index (χ4v) is 3.28. The van der Waals surface area contributed by atoms with Crippen molar-refractivity contribution in [1.82, 2.24) is 9.80 Å². The van der Waals surface area contributed by atoms with Gasteiger partial charge in [-0.05, 0) is 50.1 Å². The molecule has 1 unspecified atom stereocenters. The van der Waals surface area contributed by atoms with Crippen molar-refractivity contribution in [2.45, 2.75) is 32.6 Å². The largest absolute Gasteiger partial charge is 0.339 e. The minimum atomic E-state index is 0.0973. The molecular formula is C15H26N2O. The Morgan fingerprint density at radius 2 is 2.00 bits per heavy atom. The van der Waals surface area contributed by atoms with E-state index in [2.05, 4.69) is 18.4 Å². The van der Waals surface area contributed by atoms with Gasteiger partial charge in [0.25, 0.3) is 0 Å². The summed E-state index contributed by atoms with van der Waals surface area (Å²) in [6, 6.07) is 0. The number of hydrogen-bond donors (Lipinski definition) is 0. The van der Waals surface area contributed by atoms with E-state index in [1.165, 1.54) is 38.6 Å². The highest BCUT2D eigenvalue weighted by Gasteiger charge is 2.24. The van der Waals surface area contributed by atoms with Crippen molar-refractivity contribution < 1.29 is 4.79 Å². The van der Waals surface area contributed by atoms with E-state index in [9.17, 15) is 4.79 Å². The van der Waals surface area contributed by atoms with Crippen LogP contribution in [0.15, 0.2) is 12.7 Å². The Labute approximate surface area is 111 Å². The third kappa shape index (κ3) is 3.58. The maximum atomic E-state index is 11.5. The Kier molecular flexibility index (Phi) is 4.81. The number of piperidine rings is 2. The molecule has 0 aromatic heterocycles. The van der Waals surface area contributed by atoms with E-state index in [-0.39, 0.29) is 5.91 Å². The summed E-state index contributed by atoms with van der Waals surface area (Å²) in [7, 11) is 0. The molecule has 2 aliphatic rings. The predicted molar refractivity (Wildman–Crippen MR) is 74.3 cm³/mol. The maximum Gasteiger partial charge on any atom is 0.245 e. The SMILES string of the molecule is C=CC(=O)N1CCC(CN2CCCC(C)C2)CC1. The van der Waals surface area contributed by atoms with Crippen LogP contribution in [-0.4, -0.2) is 48.4 Å². The van der Waals surface area contributed by atoms with Crippen molar-refractivity contribution in [3.8, 4) is 0 Å². The lowest BCUT2D eigenvalue weighted by atomic mass is 9.93. The van der Waals surface area contributed by atoms with Gasteiger partial charge in [-0.25, -0.2) is 0 Å². The van der Waals surface area contributed by atoms with Gasteiger partial charge in [0.2, 0.25) is 5.91 Å². The van der Waals surface area contributed by atoms with Crippen LogP contribution in [0.1, 0.15) is 32.6 Å². The second-order valence-corrected chi connectivity index (χ2v) is 5.98. The van der Waals surface area contributed by atoms with Crippen molar-refractivity contribution in [1.29, 1.82) is 0 Å². The number of carbonyl (C=O) groups excluding carboxylic acids is 1. The first-order valence-electron chi connectivity index (χ1n) is 7.32. The number of nitrogens with zero attached hydrogens (tertiary/aromatic N) is 2. The molecule has 3 nitrogen and oxygen atoms in total. The summed E-state index contributed by atoms with van der Waals surface area (Å²) >= 11 is 0. The topological polar surface area (TPSA) is 23.6 Å². The Hall–Kier alpha value is -0.830. The van der Waals surface area contributed by atoms with E-state index in [4.69, 9.17) is 0 Å². The molecule has 18 heavy (non-hydrogen) atoms. The number of likely N-dealkylation sites (tertiary alicyclic amines) is 2. The van der Waals surface area contributed by atoms with Crippen molar-refractivity contribution >= 4 is 5.91 Å². The molecule has 0 bridgehead atoms. The van der Waals surface area contributed by atoms with Crippen LogP contribution >= 0.6 is 0 Å². The molecule has 0 N–H and O–H groups in total. The molecule has 3 heteroatoms. The monoisotopic (exact) mass is 250 g/mol. The average Bonchev–Trinajstić information content (AvgIpc) is 2.39. The Balaban J connectivity index is 1.73. The lowest BCUT2D eigenvalue weighted by Gasteiger charge is -2.37. The highest BCUT2D eigenvalue weighted by molar-refractivity contribution is 5.87. The third-order valence-electron chi connectivity index (χ3n) is 4.36. The summed E-state index contributed by atoms with van der Waals surface area (Å²) in [4.78, 5) is 16.1. The smallest absolute Gasteiger partial charge is 0.245 e. The van der Waals surface area contributed by atoms with E-state index in [0.717, 1.165) is 37.8 Å². The Morgan fingerprint density at radius 3 is 2.61 bits per heavy atom.